The van der Waals surface area contributed by atoms with Crippen LogP contribution in [0, 0.1) is 0 Å². The Balaban J connectivity index is 0.000000206. The maximum atomic E-state index is 11.1. The van der Waals surface area contributed by atoms with E-state index in [9.17, 15) is 14.4 Å². The molecule has 3 aromatic heterocycles. The van der Waals surface area contributed by atoms with Gasteiger partial charge in [-0.2, -0.15) is 0 Å². The number of hydrogen-bond acceptors (Lipinski definition) is 10. The molecular formula is C41H36Cl3N3O8. The number of ketones is 2. The van der Waals surface area contributed by atoms with E-state index in [0.717, 1.165) is 16.7 Å². The van der Waals surface area contributed by atoms with E-state index in [1.54, 1.807) is 97.7 Å². The van der Waals surface area contributed by atoms with Crippen molar-refractivity contribution in [3.8, 4) is 17.2 Å². The third kappa shape index (κ3) is 16.8. The monoisotopic (exact) mass is 803 g/mol. The number of aromatic carboxylic acids is 1. The molecule has 3 heterocycles. The molecule has 6 aromatic rings. The van der Waals surface area contributed by atoms with Gasteiger partial charge in [0.25, 0.3) is 0 Å². The molecule has 0 fully saturated rings. The van der Waals surface area contributed by atoms with Gasteiger partial charge in [-0.25, -0.2) is 4.79 Å². The molecule has 3 aromatic carbocycles. The molecule has 0 amide bonds. The zero-order chi connectivity index (χ0) is 40.2. The summed E-state index contributed by atoms with van der Waals surface area (Å²) >= 11 is 17.2. The average Bonchev–Trinajstić information content (AvgIpc) is 3.17. The third-order valence-electron chi connectivity index (χ3n) is 6.91. The molecule has 0 aliphatic carbocycles. The molecule has 0 saturated heterocycles. The summed E-state index contributed by atoms with van der Waals surface area (Å²) in [5.41, 5.74) is 4.02. The van der Waals surface area contributed by atoms with Gasteiger partial charge >= 0.3 is 5.97 Å². The van der Waals surface area contributed by atoms with E-state index in [2.05, 4.69) is 15.0 Å². The topological polar surface area (TPSA) is 169 Å². The second-order valence-corrected chi connectivity index (χ2v) is 12.6. The molecule has 55 heavy (non-hydrogen) atoms. The molecule has 0 saturated carbocycles. The molecule has 11 nitrogen and oxygen atoms in total. The molecule has 284 valence electrons. The van der Waals surface area contributed by atoms with Crippen LogP contribution in [0.4, 0.5) is 0 Å². The van der Waals surface area contributed by atoms with Crippen LogP contribution in [-0.2, 0) is 19.8 Å². The van der Waals surface area contributed by atoms with Crippen molar-refractivity contribution in [2.24, 2.45) is 0 Å². The summed E-state index contributed by atoms with van der Waals surface area (Å²) in [5, 5.41) is 27.8. The van der Waals surface area contributed by atoms with Crippen LogP contribution in [0.3, 0.4) is 0 Å². The average molecular weight is 805 g/mol. The highest BCUT2D eigenvalue weighted by Crippen LogP contribution is 2.17. The van der Waals surface area contributed by atoms with Gasteiger partial charge in [-0.05, 0) is 110 Å². The van der Waals surface area contributed by atoms with E-state index >= 15 is 0 Å². The van der Waals surface area contributed by atoms with Gasteiger partial charge in [0.1, 0.15) is 30.5 Å². The fourth-order valence-corrected chi connectivity index (χ4v) is 4.71. The predicted molar refractivity (Wildman–Crippen MR) is 210 cm³/mol. The van der Waals surface area contributed by atoms with Gasteiger partial charge in [-0.15, -0.1) is 0 Å². The van der Waals surface area contributed by atoms with Crippen LogP contribution in [0.5, 0.6) is 17.2 Å². The van der Waals surface area contributed by atoms with Gasteiger partial charge in [-0.3, -0.25) is 24.5 Å². The van der Waals surface area contributed by atoms with E-state index in [0.29, 0.717) is 50.9 Å². The molecule has 0 unspecified atom stereocenters. The van der Waals surface area contributed by atoms with Crippen molar-refractivity contribution in [3.63, 3.8) is 0 Å². The van der Waals surface area contributed by atoms with Gasteiger partial charge < -0.3 is 24.8 Å². The SMILES string of the molecule is CC(=O)c1ccc(O)cc1.CC(=O)c1ccc(OCc2cncc(Cl)c2)cc1.O=C(O)c1ccc(OCc2cncc(Cl)c2)cc1.OCc1cncc(Cl)c1. The number of ether oxygens (including phenoxy) is 2. The number of pyridine rings is 3. The summed E-state index contributed by atoms with van der Waals surface area (Å²) in [4.78, 5) is 44.1. The van der Waals surface area contributed by atoms with Crippen molar-refractivity contribution in [1.82, 2.24) is 15.0 Å². The number of carboxylic acid groups (broad SMARTS) is 1. The van der Waals surface area contributed by atoms with Crippen LogP contribution in [0.1, 0.15) is 61.6 Å². The minimum atomic E-state index is -0.958. The second kappa shape index (κ2) is 23.0. The minimum absolute atomic E-state index is 0.00639. The number of carbonyl (C=O) groups is 3. The Morgan fingerprint density at radius 1 is 0.545 bits per heavy atom. The van der Waals surface area contributed by atoms with Crippen LogP contribution in [0.2, 0.25) is 15.1 Å². The van der Waals surface area contributed by atoms with Crippen molar-refractivity contribution in [1.29, 1.82) is 0 Å². The molecular weight excluding hydrogens is 769 g/mol. The van der Waals surface area contributed by atoms with Crippen LogP contribution in [0.15, 0.2) is 128 Å². The summed E-state index contributed by atoms with van der Waals surface area (Å²) in [5.74, 6) is 0.589. The number of aromatic hydroxyl groups is 1. The highest BCUT2D eigenvalue weighted by atomic mass is 35.5. The quantitative estimate of drug-likeness (QED) is 0.113. The van der Waals surface area contributed by atoms with Gasteiger partial charge in [0.05, 0.1) is 27.2 Å². The molecule has 14 heteroatoms. The van der Waals surface area contributed by atoms with Crippen molar-refractivity contribution in [2.45, 2.75) is 33.7 Å². The van der Waals surface area contributed by atoms with Crippen molar-refractivity contribution >= 4 is 52.3 Å². The van der Waals surface area contributed by atoms with Gasteiger partial charge in [-0.1, -0.05) is 34.8 Å². The zero-order valence-electron chi connectivity index (χ0n) is 29.6. The van der Waals surface area contributed by atoms with Crippen molar-refractivity contribution in [2.75, 3.05) is 0 Å². The van der Waals surface area contributed by atoms with Gasteiger partial charge in [0, 0.05) is 59.4 Å². The summed E-state index contributed by atoms with van der Waals surface area (Å²) in [6.45, 7) is 3.75. The van der Waals surface area contributed by atoms with Crippen LogP contribution in [-0.4, -0.2) is 47.8 Å². The maximum Gasteiger partial charge on any atom is 0.335 e. The Labute approximate surface area is 332 Å². The normalized spacial score (nSPS) is 9.85. The van der Waals surface area contributed by atoms with Crippen LogP contribution >= 0.6 is 34.8 Å². The Kier molecular flexibility index (Phi) is 18.3. The lowest BCUT2D eigenvalue weighted by Crippen LogP contribution is -1.98. The first-order chi connectivity index (χ1) is 26.3. The zero-order valence-corrected chi connectivity index (χ0v) is 31.9. The Bertz CT molecular complexity index is 2030. The number of hydrogen-bond donors (Lipinski definition) is 3. The number of nitrogens with zero attached hydrogens (tertiary/aromatic N) is 3. The Morgan fingerprint density at radius 2 is 0.891 bits per heavy atom. The van der Waals surface area contributed by atoms with E-state index in [1.165, 1.54) is 44.3 Å². The van der Waals surface area contributed by atoms with Gasteiger partial charge in [0.2, 0.25) is 0 Å². The third-order valence-corrected chi connectivity index (χ3v) is 7.53. The molecule has 0 atom stereocenters. The summed E-state index contributed by atoms with van der Waals surface area (Å²) in [7, 11) is 0. The molecule has 6 rings (SSSR count). The van der Waals surface area contributed by atoms with Gasteiger partial charge in [0.15, 0.2) is 11.6 Å². The maximum absolute atomic E-state index is 11.1. The molecule has 0 aliphatic rings. The lowest BCUT2D eigenvalue weighted by molar-refractivity contribution is 0.0696. The number of halogens is 3. The number of rotatable bonds is 10. The smallest absolute Gasteiger partial charge is 0.335 e. The first-order valence-electron chi connectivity index (χ1n) is 16.2. The number of Topliss-reactive ketones (excluding diaryl/α,β-unsaturated/α-hetero) is 2. The molecule has 0 aliphatic heterocycles. The molecule has 0 radical (unpaired) electrons. The fraction of sp³-hybridized carbons (Fsp3) is 0.122. The van der Waals surface area contributed by atoms with E-state index in [1.807, 2.05) is 0 Å². The second-order valence-electron chi connectivity index (χ2n) is 11.3. The standard InChI is InChI=1S/C14H12ClNO2.C13H10ClNO3.C8H8O2.C6H6ClNO/c1-10(17)12-2-4-14(5-3-12)18-9-11-6-13(15)8-16-7-11;14-11-5-9(6-15-7-11)8-18-12-3-1-10(2-4-12)13(16)17;1-6(9)7-2-4-8(10)5-3-7;7-6-1-5(4-9)2-8-3-6/h2-8H,9H2,1H3;1-7H,8H2,(H,16,17);2-5,10H,1H3;1-3,9H,4H2. The number of aliphatic hydroxyl groups is 1. The number of benzene rings is 3. The number of carbonyl (C=O) groups excluding carboxylic acids is 2. The van der Waals surface area contributed by atoms with E-state index < -0.39 is 5.97 Å². The largest absolute Gasteiger partial charge is 0.508 e. The Morgan fingerprint density at radius 3 is 1.22 bits per heavy atom. The first-order valence-corrected chi connectivity index (χ1v) is 17.4. The first kappa shape index (κ1) is 43.6. The van der Waals surface area contributed by atoms with Crippen LogP contribution in [0.25, 0.3) is 0 Å². The summed E-state index contributed by atoms with van der Waals surface area (Å²) < 4.78 is 11.1. The van der Waals surface area contributed by atoms with Crippen molar-refractivity contribution in [3.05, 3.63) is 177 Å². The molecule has 0 bridgehead atoms. The van der Waals surface area contributed by atoms with Crippen molar-refractivity contribution < 1.29 is 39.2 Å². The lowest BCUT2D eigenvalue weighted by Gasteiger charge is -2.06. The highest BCUT2D eigenvalue weighted by molar-refractivity contribution is 6.31. The highest BCUT2D eigenvalue weighted by Gasteiger charge is 2.04. The Hall–Kier alpha value is -5.85. The number of aromatic nitrogens is 3. The minimum Gasteiger partial charge on any atom is -0.508 e. The fourth-order valence-electron chi connectivity index (χ4n) is 4.12. The number of phenolic OH excluding ortho intramolecular Hbond substituents is 1. The summed E-state index contributed by atoms with van der Waals surface area (Å²) in [6.07, 6.45) is 9.60. The van der Waals surface area contributed by atoms with E-state index in [4.69, 9.17) is 59.6 Å². The lowest BCUT2D eigenvalue weighted by atomic mass is 10.1. The number of phenols is 1. The number of carboxylic acids is 1. The summed E-state index contributed by atoms with van der Waals surface area (Å²) in [6, 6.07) is 24.7. The predicted octanol–water partition coefficient (Wildman–Crippen LogP) is 9.35. The molecule has 3 N–H and O–H groups in total. The van der Waals surface area contributed by atoms with E-state index in [-0.39, 0.29) is 29.5 Å². The number of aliphatic hydroxyl groups excluding tert-OH is 1. The molecule has 0 spiro atoms. The van der Waals surface area contributed by atoms with Crippen LogP contribution < -0.4 is 9.47 Å².